The summed E-state index contributed by atoms with van der Waals surface area (Å²) in [6.07, 6.45) is 1.36. The number of hydrogen-bond acceptors (Lipinski definition) is 4. The average molecular weight is 254 g/mol. The molecule has 0 amide bonds. The van der Waals surface area contributed by atoms with Gasteiger partial charge in [-0.1, -0.05) is 6.07 Å². The average Bonchev–Trinajstić information content (AvgIpc) is 2.85. The van der Waals surface area contributed by atoms with Crippen LogP contribution in [0.4, 0.5) is 0 Å². The summed E-state index contributed by atoms with van der Waals surface area (Å²) in [6.45, 7) is 0. The van der Waals surface area contributed by atoms with Crippen molar-refractivity contribution in [3.63, 3.8) is 0 Å². The topological polar surface area (TPSA) is 44.5 Å². The van der Waals surface area contributed by atoms with E-state index in [1.165, 1.54) is 6.39 Å². The van der Waals surface area contributed by atoms with Crippen molar-refractivity contribution in [2.75, 3.05) is 14.2 Å². The highest BCUT2D eigenvalue weighted by atomic mass is 35.5. The van der Waals surface area contributed by atoms with E-state index in [0.717, 1.165) is 5.56 Å². The quantitative estimate of drug-likeness (QED) is 0.786. The van der Waals surface area contributed by atoms with Gasteiger partial charge in [0.15, 0.2) is 12.2 Å². The van der Waals surface area contributed by atoms with Crippen molar-refractivity contribution in [2.45, 2.75) is 5.88 Å². The number of aromatic nitrogens is 1. The number of hydrogen-bond donors (Lipinski definition) is 0. The van der Waals surface area contributed by atoms with Crippen LogP contribution in [0.2, 0.25) is 0 Å². The zero-order chi connectivity index (χ0) is 12.3. The van der Waals surface area contributed by atoms with Gasteiger partial charge in [-0.25, -0.2) is 4.98 Å². The SMILES string of the molecule is COc1cccc(OC)c1-c1ocnc1CCl. The van der Waals surface area contributed by atoms with E-state index >= 15 is 0 Å². The highest BCUT2D eigenvalue weighted by Gasteiger charge is 2.19. The molecule has 0 saturated carbocycles. The molecule has 0 aliphatic heterocycles. The zero-order valence-electron chi connectivity index (χ0n) is 9.57. The number of ether oxygens (including phenoxy) is 2. The van der Waals surface area contributed by atoms with E-state index in [9.17, 15) is 0 Å². The van der Waals surface area contributed by atoms with E-state index in [0.29, 0.717) is 23.0 Å². The molecule has 2 rings (SSSR count). The molecule has 0 spiro atoms. The summed E-state index contributed by atoms with van der Waals surface area (Å²) in [5, 5.41) is 0. The van der Waals surface area contributed by atoms with Gasteiger partial charge >= 0.3 is 0 Å². The first-order chi connectivity index (χ1) is 8.31. The van der Waals surface area contributed by atoms with Gasteiger partial charge in [0.2, 0.25) is 0 Å². The second-order valence-corrected chi connectivity index (χ2v) is 3.57. The van der Waals surface area contributed by atoms with Gasteiger partial charge in [0.05, 0.1) is 20.1 Å². The normalized spacial score (nSPS) is 10.3. The van der Waals surface area contributed by atoms with Crippen LogP contribution in [0.3, 0.4) is 0 Å². The molecule has 0 aliphatic rings. The number of oxazole rings is 1. The minimum absolute atomic E-state index is 0.271. The maximum absolute atomic E-state index is 5.81. The van der Waals surface area contributed by atoms with E-state index in [1.807, 2.05) is 18.2 Å². The summed E-state index contributed by atoms with van der Waals surface area (Å²) in [5.41, 5.74) is 1.39. The smallest absolute Gasteiger partial charge is 0.181 e. The fourth-order valence-electron chi connectivity index (χ4n) is 1.64. The number of nitrogens with zero attached hydrogens (tertiary/aromatic N) is 1. The minimum Gasteiger partial charge on any atom is -0.496 e. The van der Waals surface area contributed by atoms with Gasteiger partial charge in [-0.05, 0) is 12.1 Å². The molecule has 4 nitrogen and oxygen atoms in total. The van der Waals surface area contributed by atoms with Crippen molar-refractivity contribution in [3.05, 3.63) is 30.3 Å². The van der Waals surface area contributed by atoms with E-state index in [-0.39, 0.29) is 5.88 Å². The van der Waals surface area contributed by atoms with Crippen molar-refractivity contribution in [2.24, 2.45) is 0 Å². The molecular formula is C12H12ClNO3. The van der Waals surface area contributed by atoms with Crippen LogP contribution in [-0.2, 0) is 5.88 Å². The first-order valence-corrected chi connectivity index (χ1v) is 5.55. The van der Waals surface area contributed by atoms with Crippen LogP contribution in [0.1, 0.15) is 5.69 Å². The number of methoxy groups -OCH3 is 2. The molecule has 0 N–H and O–H groups in total. The highest BCUT2D eigenvalue weighted by Crippen LogP contribution is 2.39. The monoisotopic (exact) mass is 253 g/mol. The van der Waals surface area contributed by atoms with Gasteiger partial charge in [0, 0.05) is 0 Å². The molecule has 0 unspecified atom stereocenters. The Balaban J connectivity index is 2.64. The maximum Gasteiger partial charge on any atom is 0.181 e. The van der Waals surface area contributed by atoms with Crippen LogP contribution in [0.25, 0.3) is 11.3 Å². The Kier molecular flexibility index (Phi) is 3.54. The predicted molar refractivity (Wildman–Crippen MR) is 64.6 cm³/mol. The molecule has 0 bridgehead atoms. The standard InChI is InChI=1S/C12H12ClNO3/c1-15-9-4-3-5-10(16-2)11(9)12-8(6-13)14-7-17-12/h3-5,7H,6H2,1-2H3. The molecular weight excluding hydrogens is 242 g/mol. The Morgan fingerprint density at radius 3 is 2.41 bits per heavy atom. The van der Waals surface area contributed by atoms with Crippen LogP contribution in [0.15, 0.2) is 29.0 Å². The van der Waals surface area contributed by atoms with Gasteiger partial charge in [-0.15, -0.1) is 11.6 Å². The van der Waals surface area contributed by atoms with Gasteiger partial charge < -0.3 is 13.9 Å². The van der Waals surface area contributed by atoms with E-state index in [4.69, 9.17) is 25.5 Å². The Morgan fingerprint density at radius 2 is 1.88 bits per heavy atom. The number of alkyl halides is 1. The Morgan fingerprint density at radius 1 is 1.24 bits per heavy atom. The van der Waals surface area contributed by atoms with Crippen molar-refractivity contribution in [1.82, 2.24) is 4.98 Å². The van der Waals surface area contributed by atoms with Crippen LogP contribution < -0.4 is 9.47 Å². The summed E-state index contributed by atoms with van der Waals surface area (Å²) in [4.78, 5) is 4.05. The molecule has 0 atom stereocenters. The lowest BCUT2D eigenvalue weighted by Crippen LogP contribution is -1.94. The van der Waals surface area contributed by atoms with Crippen LogP contribution in [-0.4, -0.2) is 19.2 Å². The minimum atomic E-state index is 0.271. The maximum atomic E-state index is 5.81. The van der Waals surface area contributed by atoms with Crippen LogP contribution >= 0.6 is 11.6 Å². The largest absolute Gasteiger partial charge is 0.496 e. The second-order valence-electron chi connectivity index (χ2n) is 3.30. The molecule has 0 radical (unpaired) electrons. The molecule has 0 fully saturated rings. The molecule has 5 heteroatoms. The highest BCUT2D eigenvalue weighted by molar-refractivity contribution is 6.17. The lowest BCUT2D eigenvalue weighted by Gasteiger charge is -2.11. The lowest BCUT2D eigenvalue weighted by atomic mass is 10.1. The predicted octanol–water partition coefficient (Wildman–Crippen LogP) is 3.10. The summed E-state index contributed by atoms with van der Waals surface area (Å²) in [5.74, 6) is 2.17. The van der Waals surface area contributed by atoms with Gasteiger partial charge in [-0.3, -0.25) is 0 Å². The fraction of sp³-hybridized carbons (Fsp3) is 0.250. The second kappa shape index (κ2) is 5.10. The summed E-state index contributed by atoms with van der Waals surface area (Å²) in [7, 11) is 3.18. The molecule has 1 heterocycles. The number of halogens is 1. The molecule has 90 valence electrons. The third-order valence-electron chi connectivity index (χ3n) is 2.42. The van der Waals surface area contributed by atoms with E-state index < -0.39 is 0 Å². The summed E-state index contributed by atoms with van der Waals surface area (Å²) in [6, 6.07) is 5.51. The first-order valence-electron chi connectivity index (χ1n) is 5.01. The Labute approximate surface area is 104 Å². The Hall–Kier alpha value is -1.68. The number of benzene rings is 1. The molecule has 0 aliphatic carbocycles. The van der Waals surface area contributed by atoms with Crippen molar-refractivity contribution < 1.29 is 13.9 Å². The van der Waals surface area contributed by atoms with Crippen molar-refractivity contribution in [3.8, 4) is 22.8 Å². The van der Waals surface area contributed by atoms with Gasteiger partial charge in [-0.2, -0.15) is 0 Å². The van der Waals surface area contributed by atoms with Gasteiger partial charge in [0.1, 0.15) is 22.8 Å². The lowest BCUT2D eigenvalue weighted by molar-refractivity contribution is 0.394. The Bertz CT molecular complexity index is 488. The van der Waals surface area contributed by atoms with Crippen LogP contribution in [0.5, 0.6) is 11.5 Å². The molecule has 1 aromatic heterocycles. The third-order valence-corrected chi connectivity index (χ3v) is 2.68. The zero-order valence-corrected chi connectivity index (χ0v) is 10.3. The number of rotatable bonds is 4. The molecule has 1 aromatic carbocycles. The molecule has 17 heavy (non-hydrogen) atoms. The van der Waals surface area contributed by atoms with Crippen molar-refractivity contribution >= 4 is 11.6 Å². The third kappa shape index (κ3) is 2.08. The van der Waals surface area contributed by atoms with Crippen LogP contribution in [0, 0.1) is 0 Å². The van der Waals surface area contributed by atoms with Gasteiger partial charge in [0.25, 0.3) is 0 Å². The van der Waals surface area contributed by atoms with Crippen molar-refractivity contribution in [1.29, 1.82) is 0 Å². The molecule has 0 saturated heterocycles. The first kappa shape index (κ1) is 11.8. The fourth-order valence-corrected chi connectivity index (χ4v) is 1.83. The van der Waals surface area contributed by atoms with E-state index in [2.05, 4.69) is 4.98 Å². The summed E-state index contributed by atoms with van der Waals surface area (Å²) >= 11 is 5.81. The molecule has 2 aromatic rings. The summed E-state index contributed by atoms with van der Waals surface area (Å²) < 4.78 is 16.0. The van der Waals surface area contributed by atoms with E-state index in [1.54, 1.807) is 14.2 Å².